The SMILES string of the molecule is CC(CCc1ccccc1)NC(=O)C(C)N.Cl. The van der Waals surface area contributed by atoms with Gasteiger partial charge in [0.05, 0.1) is 6.04 Å². The van der Waals surface area contributed by atoms with Crippen molar-refractivity contribution < 1.29 is 4.79 Å². The summed E-state index contributed by atoms with van der Waals surface area (Å²) in [6.07, 6.45) is 1.91. The van der Waals surface area contributed by atoms with Gasteiger partial charge in [-0.05, 0) is 32.3 Å². The Morgan fingerprint density at radius 3 is 2.41 bits per heavy atom. The maximum Gasteiger partial charge on any atom is 0.236 e. The van der Waals surface area contributed by atoms with Crippen molar-refractivity contribution in [3.8, 4) is 0 Å². The number of halogens is 1. The summed E-state index contributed by atoms with van der Waals surface area (Å²) < 4.78 is 0. The molecule has 1 aromatic carbocycles. The highest BCUT2D eigenvalue weighted by molar-refractivity contribution is 5.85. The van der Waals surface area contributed by atoms with E-state index >= 15 is 0 Å². The molecule has 3 nitrogen and oxygen atoms in total. The molecule has 4 heteroatoms. The van der Waals surface area contributed by atoms with Crippen LogP contribution in [0.3, 0.4) is 0 Å². The first-order valence-electron chi connectivity index (χ1n) is 5.69. The minimum absolute atomic E-state index is 0. The summed E-state index contributed by atoms with van der Waals surface area (Å²) in [7, 11) is 0. The molecule has 1 rings (SSSR count). The number of nitrogens with two attached hydrogens (primary N) is 1. The van der Waals surface area contributed by atoms with Crippen molar-refractivity contribution >= 4 is 18.3 Å². The number of carbonyl (C=O) groups is 1. The highest BCUT2D eigenvalue weighted by Gasteiger charge is 2.10. The molecular weight excluding hydrogens is 236 g/mol. The second kappa shape index (κ2) is 8.09. The van der Waals surface area contributed by atoms with Crippen molar-refractivity contribution in [2.24, 2.45) is 5.73 Å². The molecule has 0 saturated heterocycles. The van der Waals surface area contributed by atoms with Gasteiger partial charge in [0, 0.05) is 6.04 Å². The van der Waals surface area contributed by atoms with Crippen LogP contribution < -0.4 is 11.1 Å². The van der Waals surface area contributed by atoms with E-state index in [0.717, 1.165) is 12.8 Å². The lowest BCUT2D eigenvalue weighted by Gasteiger charge is -2.15. The third kappa shape index (κ3) is 6.29. The first-order valence-corrected chi connectivity index (χ1v) is 5.69. The Morgan fingerprint density at radius 1 is 1.29 bits per heavy atom. The molecule has 0 saturated carbocycles. The van der Waals surface area contributed by atoms with Crippen LogP contribution in [0, 0.1) is 0 Å². The molecule has 0 aliphatic heterocycles. The molecule has 0 spiro atoms. The van der Waals surface area contributed by atoms with E-state index in [4.69, 9.17) is 5.73 Å². The van der Waals surface area contributed by atoms with E-state index in [1.807, 2.05) is 25.1 Å². The summed E-state index contributed by atoms with van der Waals surface area (Å²) in [5.41, 5.74) is 6.78. The first-order chi connectivity index (χ1) is 7.59. The van der Waals surface area contributed by atoms with Crippen LogP contribution in [-0.2, 0) is 11.2 Å². The monoisotopic (exact) mass is 256 g/mol. The summed E-state index contributed by atoms with van der Waals surface area (Å²) >= 11 is 0. The Balaban J connectivity index is 0.00000256. The first kappa shape index (κ1) is 15.9. The average Bonchev–Trinajstić information content (AvgIpc) is 2.27. The molecule has 0 aromatic heterocycles. The molecular formula is C13H21ClN2O. The molecule has 2 unspecified atom stereocenters. The number of nitrogens with one attached hydrogen (secondary N) is 1. The minimum Gasteiger partial charge on any atom is -0.352 e. The van der Waals surface area contributed by atoms with Gasteiger partial charge in [-0.1, -0.05) is 30.3 Å². The van der Waals surface area contributed by atoms with E-state index in [1.54, 1.807) is 6.92 Å². The molecule has 0 aliphatic rings. The van der Waals surface area contributed by atoms with Crippen molar-refractivity contribution in [1.29, 1.82) is 0 Å². The van der Waals surface area contributed by atoms with Gasteiger partial charge in [-0.3, -0.25) is 4.79 Å². The highest BCUT2D eigenvalue weighted by atomic mass is 35.5. The lowest BCUT2D eigenvalue weighted by molar-refractivity contribution is -0.122. The Kier molecular flexibility index (Phi) is 7.59. The largest absolute Gasteiger partial charge is 0.352 e. The number of amides is 1. The number of hydrogen-bond acceptors (Lipinski definition) is 2. The molecule has 0 radical (unpaired) electrons. The molecule has 0 fully saturated rings. The van der Waals surface area contributed by atoms with Crippen LogP contribution in [0.2, 0.25) is 0 Å². The quantitative estimate of drug-likeness (QED) is 0.845. The molecule has 3 N–H and O–H groups in total. The number of carbonyl (C=O) groups excluding carboxylic acids is 1. The number of benzene rings is 1. The summed E-state index contributed by atoms with van der Waals surface area (Å²) in [5, 5.41) is 2.89. The third-order valence-electron chi connectivity index (χ3n) is 2.51. The van der Waals surface area contributed by atoms with E-state index in [2.05, 4.69) is 17.4 Å². The lowest BCUT2D eigenvalue weighted by atomic mass is 10.1. The lowest BCUT2D eigenvalue weighted by Crippen LogP contribution is -2.42. The topological polar surface area (TPSA) is 55.1 Å². The van der Waals surface area contributed by atoms with E-state index in [1.165, 1.54) is 5.56 Å². The Labute approximate surface area is 109 Å². The molecule has 0 aliphatic carbocycles. The Morgan fingerprint density at radius 2 is 1.88 bits per heavy atom. The van der Waals surface area contributed by atoms with Crippen LogP contribution in [0.1, 0.15) is 25.8 Å². The summed E-state index contributed by atoms with van der Waals surface area (Å²) in [6.45, 7) is 3.70. The van der Waals surface area contributed by atoms with Gasteiger partial charge >= 0.3 is 0 Å². The van der Waals surface area contributed by atoms with Crippen molar-refractivity contribution in [2.45, 2.75) is 38.8 Å². The highest BCUT2D eigenvalue weighted by Crippen LogP contribution is 2.04. The molecule has 0 heterocycles. The van der Waals surface area contributed by atoms with Crippen molar-refractivity contribution in [3.05, 3.63) is 35.9 Å². The van der Waals surface area contributed by atoms with Crippen LogP contribution in [0.15, 0.2) is 30.3 Å². The maximum absolute atomic E-state index is 11.3. The second-order valence-corrected chi connectivity index (χ2v) is 4.22. The standard InChI is InChI=1S/C13H20N2O.ClH/c1-10(15-13(16)11(2)14)8-9-12-6-4-3-5-7-12;/h3-7,10-11H,8-9,14H2,1-2H3,(H,15,16);1H. The van der Waals surface area contributed by atoms with Crippen LogP contribution in [0.5, 0.6) is 0 Å². The Bertz CT molecular complexity index is 327. The van der Waals surface area contributed by atoms with E-state index in [0.29, 0.717) is 0 Å². The summed E-state index contributed by atoms with van der Waals surface area (Å²) in [4.78, 5) is 11.3. The predicted molar refractivity (Wildman–Crippen MR) is 73.3 cm³/mol. The van der Waals surface area contributed by atoms with E-state index in [-0.39, 0.29) is 24.4 Å². The fraction of sp³-hybridized carbons (Fsp3) is 0.462. The van der Waals surface area contributed by atoms with Crippen molar-refractivity contribution in [2.75, 3.05) is 0 Å². The molecule has 0 bridgehead atoms. The van der Waals surface area contributed by atoms with Crippen molar-refractivity contribution in [3.63, 3.8) is 0 Å². The second-order valence-electron chi connectivity index (χ2n) is 4.22. The molecule has 1 aromatic rings. The fourth-order valence-corrected chi connectivity index (χ4v) is 1.47. The zero-order chi connectivity index (χ0) is 12.0. The van der Waals surface area contributed by atoms with Crippen LogP contribution in [0.4, 0.5) is 0 Å². The fourth-order valence-electron chi connectivity index (χ4n) is 1.47. The number of rotatable bonds is 5. The van der Waals surface area contributed by atoms with Gasteiger partial charge in [0.25, 0.3) is 0 Å². The van der Waals surface area contributed by atoms with Gasteiger partial charge in [-0.2, -0.15) is 0 Å². The molecule has 96 valence electrons. The number of aryl methyl sites for hydroxylation is 1. The van der Waals surface area contributed by atoms with Gasteiger partial charge in [0.1, 0.15) is 0 Å². The average molecular weight is 257 g/mol. The van der Waals surface area contributed by atoms with Gasteiger partial charge < -0.3 is 11.1 Å². The Hall–Kier alpha value is -1.06. The van der Waals surface area contributed by atoms with E-state index < -0.39 is 6.04 Å². The maximum atomic E-state index is 11.3. The van der Waals surface area contributed by atoms with E-state index in [9.17, 15) is 4.79 Å². The predicted octanol–water partition coefficient (Wildman–Crippen LogP) is 1.89. The summed E-state index contributed by atoms with van der Waals surface area (Å²) in [6, 6.07) is 9.99. The molecule has 2 atom stereocenters. The van der Waals surface area contributed by atoms with Crippen molar-refractivity contribution in [1.82, 2.24) is 5.32 Å². The molecule has 1 amide bonds. The number of hydrogen-bond donors (Lipinski definition) is 2. The van der Waals surface area contributed by atoms with Crippen LogP contribution in [0.25, 0.3) is 0 Å². The van der Waals surface area contributed by atoms with Gasteiger partial charge in [-0.25, -0.2) is 0 Å². The molecule has 17 heavy (non-hydrogen) atoms. The summed E-state index contributed by atoms with van der Waals surface area (Å²) in [5.74, 6) is -0.0828. The van der Waals surface area contributed by atoms with Gasteiger partial charge in [-0.15, -0.1) is 12.4 Å². The van der Waals surface area contributed by atoms with Crippen LogP contribution in [-0.4, -0.2) is 18.0 Å². The smallest absolute Gasteiger partial charge is 0.236 e. The minimum atomic E-state index is -0.431. The third-order valence-corrected chi connectivity index (χ3v) is 2.51. The normalized spacial score (nSPS) is 13.4. The zero-order valence-electron chi connectivity index (χ0n) is 10.3. The van der Waals surface area contributed by atoms with Gasteiger partial charge in [0.15, 0.2) is 0 Å². The zero-order valence-corrected chi connectivity index (χ0v) is 11.2. The van der Waals surface area contributed by atoms with Gasteiger partial charge in [0.2, 0.25) is 5.91 Å². The van der Waals surface area contributed by atoms with Crippen LogP contribution >= 0.6 is 12.4 Å².